The molecule has 0 radical (unpaired) electrons. The van der Waals surface area contributed by atoms with Crippen molar-refractivity contribution in [1.82, 2.24) is 25.7 Å². The number of nitrogens with zero attached hydrogens (tertiary/aromatic N) is 4. The Morgan fingerprint density at radius 2 is 1.92 bits per heavy atom. The number of tetrazole rings is 1. The van der Waals surface area contributed by atoms with Crippen molar-refractivity contribution >= 4 is 28.5 Å². The number of halogens is 2. The molecule has 1 atom stereocenters. The fourth-order valence-corrected chi connectivity index (χ4v) is 2.44. The lowest BCUT2D eigenvalue weighted by atomic mass is 10.1. The topological polar surface area (TPSA) is 81.9 Å². The minimum Gasteiger partial charge on any atom is -0.351 e. The van der Waals surface area contributed by atoms with Crippen molar-refractivity contribution in [2.45, 2.75) is 12.8 Å². The Balaban J connectivity index is 1.55. The van der Waals surface area contributed by atoms with E-state index in [-0.39, 0.29) is 17.6 Å². The van der Waals surface area contributed by atoms with Gasteiger partial charge in [0.25, 0.3) is 5.91 Å². The highest BCUT2D eigenvalue weighted by atomic mass is 127. The van der Waals surface area contributed by atoms with E-state index in [1.165, 1.54) is 24.3 Å². The van der Waals surface area contributed by atoms with Crippen molar-refractivity contribution in [3.8, 4) is 5.75 Å². The van der Waals surface area contributed by atoms with Gasteiger partial charge in [0.05, 0.1) is 0 Å². The number of hydrogen-bond acceptors (Lipinski definition) is 5. The summed E-state index contributed by atoms with van der Waals surface area (Å²) in [5.74, 6) is 0.128. The normalized spacial score (nSPS) is 11.8. The monoisotopic (exact) mass is 467 g/mol. The van der Waals surface area contributed by atoms with Gasteiger partial charge in [-0.25, -0.2) is 4.39 Å². The molecule has 0 aliphatic rings. The van der Waals surface area contributed by atoms with E-state index in [9.17, 15) is 9.18 Å². The Hall–Kier alpha value is -2.56. The number of benzene rings is 2. The smallest absolute Gasteiger partial charge is 0.251 e. The van der Waals surface area contributed by atoms with Crippen LogP contribution >= 0.6 is 22.6 Å². The van der Waals surface area contributed by atoms with Crippen LogP contribution in [0.15, 0.2) is 48.5 Å². The molecule has 0 aliphatic heterocycles. The van der Waals surface area contributed by atoms with Crippen molar-refractivity contribution in [3.63, 3.8) is 0 Å². The lowest BCUT2D eigenvalue weighted by Crippen LogP contribution is -2.28. The second-order valence-corrected chi connectivity index (χ2v) is 6.81. The molecule has 0 spiro atoms. The SMILES string of the molecule is CC(CNC(=O)c1ccc(I)cc1)c1nnn(Oc2ccc(F)cc2)n1. The van der Waals surface area contributed by atoms with Gasteiger partial charge in [-0.1, -0.05) is 12.0 Å². The van der Waals surface area contributed by atoms with Gasteiger partial charge in [-0.05, 0) is 76.3 Å². The zero-order valence-electron chi connectivity index (χ0n) is 13.8. The zero-order valence-corrected chi connectivity index (χ0v) is 15.9. The minimum absolute atomic E-state index is 0.159. The lowest BCUT2D eigenvalue weighted by molar-refractivity contribution is 0.0951. The first-order chi connectivity index (χ1) is 12.5. The first-order valence-corrected chi connectivity index (χ1v) is 8.87. The maximum atomic E-state index is 12.9. The van der Waals surface area contributed by atoms with Gasteiger partial charge < -0.3 is 10.2 Å². The lowest BCUT2D eigenvalue weighted by Gasteiger charge is -2.09. The molecule has 1 N–H and O–H groups in total. The Morgan fingerprint density at radius 1 is 1.23 bits per heavy atom. The maximum absolute atomic E-state index is 12.9. The first kappa shape index (κ1) is 18.2. The van der Waals surface area contributed by atoms with E-state index in [1.54, 1.807) is 12.1 Å². The van der Waals surface area contributed by atoms with Gasteiger partial charge in [-0.15, -0.1) is 5.10 Å². The molecule has 0 fully saturated rings. The van der Waals surface area contributed by atoms with Crippen LogP contribution in [0.2, 0.25) is 0 Å². The van der Waals surface area contributed by atoms with Crippen LogP contribution in [0, 0.1) is 9.39 Å². The molecule has 1 unspecified atom stereocenters. The molecule has 7 nitrogen and oxygen atoms in total. The Kier molecular flexibility index (Phi) is 5.76. The molecular weight excluding hydrogens is 452 g/mol. The van der Waals surface area contributed by atoms with Gasteiger partial charge in [0.15, 0.2) is 11.6 Å². The van der Waals surface area contributed by atoms with Gasteiger partial charge in [0, 0.05) is 26.6 Å². The molecule has 0 saturated carbocycles. The molecular formula is C17H15FIN5O2. The predicted octanol–water partition coefficient (Wildman–Crippen LogP) is 2.79. The maximum Gasteiger partial charge on any atom is 0.251 e. The summed E-state index contributed by atoms with van der Waals surface area (Å²) in [6.45, 7) is 2.22. The molecule has 0 saturated heterocycles. The highest BCUT2D eigenvalue weighted by Gasteiger charge is 2.15. The van der Waals surface area contributed by atoms with Crippen LogP contribution in [-0.4, -0.2) is 32.8 Å². The third-order valence-electron chi connectivity index (χ3n) is 3.53. The van der Waals surface area contributed by atoms with Crippen molar-refractivity contribution in [2.75, 3.05) is 6.54 Å². The summed E-state index contributed by atoms with van der Waals surface area (Å²) in [5, 5.41) is 14.7. The standard InChI is InChI=1S/C17H15FIN5O2/c1-11(10-20-17(25)12-2-6-14(19)7-3-12)16-21-23-24(22-16)26-15-8-4-13(18)5-9-15/h2-9,11H,10H2,1H3,(H,20,25). The van der Waals surface area contributed by atoms with Crippen molar-refractivity contribution in [1.29, 1.82) is 0 Å². The zero-order chi connectivity index (χ0) is 18.5. The summed E-state index contributed by atoms with van der Waals surface area (Å²) in [4.78, 5) is 18.4. The van der Waals surface area contributed by atoms with Crippen LogP contribution in [0.5, 0.6) is 5.75 Å². The van der Waals surface area contributed by atoms with E-state index in [4.69, 9.17) is 4.84 Å². The van der Waals surface area contributed by atoms with Crippen LogP contribution in [0.25, 0.3) is 0 Å². The molecule has 1 amide bonds. The first-order valence-electron chi connectivity index (χ1n) is 7.79. The molecule has 1 heterocycles. The van der Waals surface area contributed by atoms with E-state index in [0.29, 0.717) is 23.7 Å². The average molecular weight is 467 g/mol. The quantitative estimate of drug-likeness (QED) is 0.564. The summed E-state index contributed by atoms with van der Waals surface area (Å²) >= 11 is 2.18. The van der Waals surface area contributed by atoms with Crippen LogP contribution in [-0.2, 0) is 0 Å². The number of carbonyl (C=O) groups is 1. The number of nitrogens with one attached hydrogen (secondary N) is 1. The van der Waals surface area contributed by atoms with E-state index < -0.39 is 0 Å². The second-order valence-electron chi connectivity index (χ2n) is 5.56. The Labute approximate surface area is 162 Å². The molecule has 0 bridgehead atoms. The van der Waals surface area contributed by atoms with Gasteiger partial charge in [-0.2, -0.15) is 0 Å². The summed E-state index contributed by atoms with van der Waals surface area (Å²) in [6.07, 6.45) is 0. The van der Waals surface area contributed by atoms with Gasteiger partial charge in [-0.3, -0.25) is 4.79 Å². The Bertz CT molecular complexity index is 883. The van der Waals surface area contributed by atoms with E-state index in [2.05, 4.69) is 43.3 Å². The molecule has 26 heavy (non-hydrogen) atoms. The van der Waals surface area contributed by atoms with Crippen molar-refractivity contribution in [3.05, 3.63) is 69.3 Å². The summed E-state index contributed by atoms with van der Waals surface area (Å²) in [6, 6.07) is 12.8. The van der Waals surface area contributed by atoms with Gasteiger partial charge in [0.1, 0.15) is 5.82 Å². The number of carbonyl (C=O) groups excluding carboxylic acids is 1. The van der Waals surface area contributed by atoms with Gasteiger partial charge in [0.2, 0.25) is 0 Å². The third kappa shape index (κ3) is 4.75. The van der Waals surface area contributed by atoms with E-state index in [0.717, 1.165) is 8.53 Å². The molecule has 3 rings (SSSR count). The average Bonchev–Trinajstić information content (AvgIpc) is 3.10. The molecule has 0 aliphatic carbocycles. The van der Waals surface area contributed by atoms with Crippen molar-refractivity contribution < 1.29 is 14.0 Å². The number of amides is 1. The van der Waals surface area contributed by atoms with Crippen molar-refractivity contribution in [2.24, 2.45) is 0 Å². The highest BCUT2D eigenvalue weighted by molar-refractivity contribution is 14.1. The third-order valence-corrected chi connectivity index (χ3v) is 4.25. The number of hydrogen-bond donors (Lipinski definition) is 1. The summed E-state index contributed by atoms with van der Waals surface area (Å²) in [5.41, 5.74) is 0.592. The second kappa shape index (κ2) is 8.21. The van der Waals surface area contributed by atoms with Crippen LogP contribution in [0.3, 0.4) is 0 Å². The van der Waals surface area contributed by atoms with Crippen LogP contribution in [0.4, 0.5) is 4.39 Å². The molecule has 2 aromatic carbocycles. The van der Waals surface area contributed by atoms with Gasteiger partial charge >= 0.3 is 0 Å². The predicted molar refractivity (Wildman–Crippen MR) is 100 cm³/mol. The molecule has 9 heteroatoms. The largest absolute Gasteiger partial charge is 0.351 e. The molecule has 3 aromatic rings. The van der Waals surface area contributed by atoms with E-state index >= 15 is 0 Å². The highest BCUT2D eigenvalue weighted by Crippen LogP contribution is 2.12. The van der Waals surface area contributed by atoms with E-state index in [1.807, 2.05) is 19.1 Å². The summed E-state index contributed by atoms with van der Waals surface area (Å²) in [7, 11) is 0. The minimum atomic E-state index is -0.359. The Morgan fingerprint density at radius 3 is 2.62 bits per heavy atom. The fourth-order valence-electron chi connectivity index (χ4n) is 2.08. The molecule has 134 valence electrons. The van der Waals surface area contributed by atoms with Crippen LogP contribution in [0.1, 0.15) is 29.0 Å². The number of aromatic nitrogens is 4. The van der Waals surface area contributed by atoms with Crippen LogP contribution < -0.4 is 10.2 Å². The number of rotatable bonds is 6. The summed E-state index contributed by atoms with van der Waals surface area (Å²) < 4.78 is 14.0. The molecule has 1 aromatic heterocycles. The fraction of sp³-hybridized carbons (Fsp3) is 0.176.